The number of carbonyl (C=O) groups excluding carboxylic acids is 2. The van der Waals surface area contributed by atoms with Gasteiger partial charge in [0.25, 0.3) is 0 Å². The lowest BCUT2D eigenvalue weighted by Gasteiger charge is -2.25. The fraction of sp³-hybridized carbons (Fsp3) is 0.400. The van der Waals surface area contributed by atoms with E-state index < -0.39 is 23.2 Å². The molecule has 0 aromatic heterocycles. The Morgan fingerprint density at radius 1 is 1.41 bits per heavy atom. The lowest BCUT2D eigenvalue weighted by Crippen LogP contribution is -2.51. The molecule has 0 aliphatic carbocycles. The Labute approximate surface area is 132 Å². The van der Waals surface area contributed by atoms with Crippen LogP contribution in [0, 0.1) is 13.8 Å². The fourth-order valence-corrected chi connectivity index (χ4v) is 3.26. The Morgan fingerprint density at radius 3 is 2.77 bits per heavy atom. The van der Waals surface area contributed by atoms with Crippen LogP contribution in [0.25, 0.3) is 0 Å². The number of hydrogen-bond donors (Lipinski definition) is 3. The van der Waals surface area contributed by atoms with Crippen LogP contribution >= 0.6 is 11.8 Å². The maximum atomic E-state index is 12.1. The molecule has 1 aromatic carbocycles. The third-order valence-electron chi connectivity index (χ3n) is 3.41. The summed E-state index contributed by atoms with van der Waals surface area (Å²) in [6, 6.07) is 4.88. The summed E-state index contributed by atoms with van der Waals surface area (Å²) in [5, 5.41) is 13.5. The number of anilines is 1. The summed E-state index contributed by atoms with van der Waals surface area (Å²) in [5.41, 5.74) is 2.72. The molecular weight excluding hydrogens is 304 g/mol. The Kier molecular flexibility index (Phi) is 5.07. The highest BCUT2D eigenvalue weighted by molar-refractivity contribution is 8.00. The number of aliphatic carboxylic acids is 1. The molecule has 118 valence electrons. The van der Waals surface area contributed by atoms with Gasteiger partial charge in [0.05, 0.1) is 5.25 Å². The Balaban J connectivity index is 1.94. The van der Waals surface area contributed by atoms with Crippen LogP contribution < -0.4 is 10.6 Å². The van der Waals surface area contributed by atoms with Crippen molar-refractivity contribution >= 4 is 35.2 Å². The molecule has 0 saturated carbocycles. The van der Waals surface area contributed by atoms with Crippen molar-refractivity contribution in [2.24, 2.45) is 0 Å². The molecule has 6 nitrogen and oxygen atoms in total. The summed E-state index contributed by atoms with van der Waals surface area (Å²) in [7, 11) is 0. The number of benzene rings is 1. The van der Waals surface area contributed by atoms with Gasteiger partial charge < -0.3 is 15.7 Å². The zero-order valence-corrected chi connectivity index (χ0v) is 13.2. The summed E-state index contributed by atoms with van der Waals surface area (Å²) in [6.07, 6.45) is 0.0240. The highest BCUT2D eigenvalue weighted by Gasteiger charge is 2.33. The van der Waals surface area contributed by atoms with Crippen molar-refractivity contribution in [2.75, 3.05) is 11.1 Å². The molecule has 22 heavy (non-hydrogen) atoms. The highest BCUT2D eigenvalue weighted by Crippen LogP contribution is 2.23. The second kappa shape index (κ2) is 6.83. The smallest absolute Gasteiger partial charge is 0.327 e. The lowest BCUT2D eigenvalue weighted by atomic mass is 10.1. The Morgan fingerprint density at radius 2 is 2.14 bits per heavy atom. The summed E-state index contributed by atoms with van der Waals surface area (Å²) in [4.78, 5) is 34.8. The average molecular weight is 322 g/mol. The van der Waals surface area contributed by atoms with E-state index in [1.165, 1.54) is 11.8 Å². The first-order valence-electron chi connectivity index (χ1n) is 6.88. The number of carboxylic acid groups (broad SMARTS) is 1. The molecule has 1 aliphatic heterocycles. The van der Waals surface area contributed by atoms with Crippen LogP contribution in [0.4, 0.5) is 5.69 Å². The van der Waals surface area contributed by atoms with Gasteiger partial charge in [0, 0.05) is 17.9 Å². The van der Waals surface area contributed by atoms with E-state index in [2.05, 4.69) is 10.6 Å². The maximum Gasteiger partial charge on any atom is 0.327 e. The molecule has 3 N–H and O–H groups in total. The van der Waals surface area contributed by atoms with Crippen LogP contribution in [0.5, 0.6) is 0 Å². The standard InChI is InChI=1S/C15H18N2O4S/c1-8-3-4-9(2)10(5-8)16-13(18)6-12-14(19)17-11(7-22-12)15(20)21/h3-5,11-12H,6-7H2,1-2H3,(H,16,18)(H,17,19)(H,20,21)/t11-,12+/m1/s1. The molecule has 2 amide bonds. The summed E-state index contributed by atoms with van der Waals surface area (Å²) >= 11 is 1.20. The van der Waals surface area contributed by atoms with Gasteiger partial charge in [-0.15, -0.1) is 11.8 Å². The first-order chi connectivity index (χ1) is 10.4. The number of rotatable bonds is 4. The fourth-order valence-electron chi connectivity index (χ4n) is 2.12. The number of aryl methyl sites for hydroxylation is 2. The average Bonchev–Trinajstić information content (AvgIpc) is 2.45. The van der Waals surface area contributed by atoms with Crippen molar-refractivity contribution in [1.82, 2.24) is 5.32 Å². The van der Waals surface area contributed by atoms with Gasteiger partial charge in [0.2, 0.25) is 11.8 Å². The first kappa shape index (κ1) is 16.4. The third kappa shape index (κ3) is 4.00. The van der Waals surface area contributed by atoms with Crippen LogP contribution in [0.2, 0.25) is 0 Å². The largest absolute Gasteiger partial charge is 0.480 e. The lowest BCUT2D eigenvalue weighted by molar-refractivity contribution is -0.141. The predicted octanol–water partition coefficient (Wildman–Crippen LogP) is 1.32. The van der Waals surface area contributed by atoms with Crippen molar-refractivity contribution in [3.8, 4) is 0 Å². The number of amides is 2. The SMILES string of the molecule is Cc1ccc(C)c(NC(=O)C[C@@H]2SC[C@H](C(=O)O)NC2=O)c1. The van der Waals surface area contributed by atoms with E-state index in [1.807, 2.05) is 32.0 Å². The van der Waals surface area contributed by atoms with Crippen LogP contribution in [0.15, 0.2) is 18.2 Å². The third-order valence-corrected chi connectivity index (χ3v) is 4.72. The minimum atomic E-state index is -1.06. The van der Waals surface area contributed by atoms with Gasteiger partial charge in [-0.3, -0.25) is 9.59 Å². The molecular formula is C15H18N2O4S. The number of carbonyl (C=O) groups is 3. The Hall–Kier alpha value is -2.02. The molecule has 7 heteroatoms. The molecule has 0 bridgehead atoms. The van der Waals surface area contributed by atoms with E-state index in [9.17, 15) is 14.4 Å². The van der Waals surface area contributed by atoms with Crippen molar-refractivity contribution in [2.45, 2.75) is 31.6 Å². The van der Waals surface area contributed by atoms with Gasteiger partial charge in [-0.25, -0.2) is 4.79 Å². The minimum absolute atomic E-state index is 0.0240. The van der Waals surface area contributed by atoms with Crippen molar-refractivity contribution in [3.63, 3.8) is 0 Å². The van der Waals surface area contributed by atoms with E-state index in [1.54, 1.807) is 0 Å². The second-order valence-electron chi connectivity index (χ2n) is 5.29. The maximum absolute atomic E-state index is 12.1. The number of carboxylic acids is 1. The molecule has 1 saturated heterocycles. The van der Waals surface area contributed by atoms with E-state index in [0.717, 1.165) is 16.8 Å². The number of nitrogens with one attached hydrogen (secondary N) is 2. The zero-order valence-electron chi connectivity index (χ0n) is 12.4. The second-order valence-corrected chi connectivity index (χ2v) is 6.53. The first-order valence-corrected chi connectivity index (χ1v) is 7.93. The van der Waals surface area contributed by atoms with Gasteiger partial charge in [-0.05, 0) is 31.0 Å². The molecule has 0 unspecified atom stereocenters. The molecule has 2 atom stereocenters. The van der Waals surface area contributed by atoms with E-state index in [4.69, 9.17) is 5.11 Å². The van der Waals surface area contributed by atoms with Crippen molar-refractivity contribution < 1.29 is 19.5 Å². The molecule has 0 spiro atoms. The highest BCUT2D eigenvalue weighted by atomic mass is 32.2. The molecule has 1 aromatic rings. The van der Waals surface area contributed by atoms with E-state index >= 15 is 0 Å². The monoisotopic (exact) mass is 322 g/mol. The Bertz CT molecular complexity index is 618. The van der Waals surface area contributed by atoms with Crippen LogP contribution in [0.1, 0.15) is 17.5 Å². The van der Waals surface area contributed by atoms with Crippen LogP contribution in [-0.4, -0.2) is 39.9 Å². The molecule has 1 aliphatic rings. The molecule has 1 heterocycles. The minimum Gasteiger partial charge on any atom is -0.480 e. The zero-order chi connectivity index (χ0) is 16.3. The van der Waals surface area contributed by atoms with Crippen molar-refractivity contribution in [3.05, 3.63) is 29.3 Å². The number of thioether (sulfide) groups is 1. The molecule has 0 radical (unpaired) electrons. The normalized spacial score (nSPS) is 21.1. The summed E-state index contributed by atoms with van der Waals surface area (Å²) in [5.74, 6) is -1.45. The van der Waals surface area contributed by atoms with E-state index in [0.29, 0.717) is 0 Å². The summed E-state index contributed by atoms with van der Waals surface area (Å²) in [6.45, 7) is 3.83. The van der Waals surface area contributed by atoms with E-state index in [-0.39, 0.29) is 18.1 Å². The van der Waals surface area contributed by atoms with Gasteiger partial charge >= 0.3 is 5.97 Å². The van der Waals surface area contributed by atoms with Gasteiger partial charge in [0.15, 0.2) is 0 Å². The summed E-state index contributed by atoms with van der Waals surface area (Å²) < 4.78 is 0. The van der Waals surface area contributed by atoms with Gasteiger partial charge in [-0.2, -0.15) is 0 Å². The predicted molar refractivity (Wildman–Crippen MR) is 85.0 cm³/mol. The van der Waals surface area contributed by atoms with Crippen LogP contribution in [-0.2, 0) is 14.4 Å². The van der Waals surface area contributed by atoms with Gasteiger partial charge in [-0.1, -0.05) is 12.1 Å². The van der Waals surface area contributed by atoms with Gasteiger partial charge in [0.1, 0.15) is 6.04 Å². The van der Waals surface area contributed by atoms with Crippen LogP contribution in [0.3, 0.4) is 0 Å². The molecule has 2 rings (SSSR count). The van der Waals surface area contributed by atoms with Crippen molar-refractivity contribution in [1.29, 1.82) is 0 Å². The number of hydrogen-bond acceptors (Lipinski definition) is 4. The quantitative estimate of drug-likeness (QED) is 0.777. The topological polar surface area (TPSA) is 95.5 Å². The molecule has 1 fully saturated rings.